The van der Waals surface area contributed by atoms with Gasteiger partial charge in [-0.15, -0.1) is 0 Å². The summed E-state index contributed by atoms with van der Waals surface area (Å²) in [5.41, 5.74) is 4.79. The molecule has 2 aromatic carbocycles. The molecular formula is C32H46BrN3O4. The van der Waals surface area contributed by atoms with Gasteiger partial charge < -0.3 is 20.1 Å². The SMILES string of the molecule is CCc1c(Br)cc(NCCN2CCOCC2)cc1C(C)=O.COc1cc(NC(=O)C2CCC(C)CC2)ccc1C. The predicted octanol–water partition coefficient (Wildman–Crippen LogP) is 6.73. The molecule has 1 aliphatic heterocycles. The summed E-state index contributed by atoms with van der Waals surface area (Å²) in [7, 11) is 1.65. The number of carbonyl (C=O) groups is 2. The van der Waals surface area contributed by atoms with Crippen LogP contribution in [-0.2, 0) is 16.0 Å². The number of aryl methyl sites for hydroxylation is 1. The number of benzene rings is 2. The maximum atomic E-state index is 12.2. The van der Waals surface area contributed by atoms with E-state index in [1.807, 2.05) is 31.2 Å². The van der Waals surface area contributed by atoms with E-state index in [-0.39, 0.29) is 17.6 Å². The zero-order valence-electron chi connectivity index (χ0n) is 24.8. The molecule has 1 saturated carbocycles. The molecule has 0 unspecified atom stereocenters. The molecule has 1 heterocycles. The Morgan fingerprint density at radius 1 is 1.07 bits per heavy atom. The molecule has 2 fully saturated rings. The number of rotatable bonds is 9. The standard InChI is InChI=1S/C16H23BrN2O2.C16H23NO2/c1-3-14-15(12(2)20)10-13(11-16(14)17)18-4-5-19-6-8-21-9-7-19;1-11-4-7-13(8-5-11)16(18)17-14-9-6-12(2)15(10-14)19-3/h10-11,18H,3-9H2,1-2H3;6,9-11,13H,4-5,7-8H2,1-3H3,(H,17,18). The molecule has 1 amide bonds. The topological polar surface area (TPSA) is 79.9 Å². The van der Waals surface area contributed by atoms with Crippen molar-refractivity contribution in [2.75, 3.05) is 57.1 Å². The lowest BCUT2D eigenvalue weighted by molar-refractivity contribution is -0.121. The first-order valence-electron chi connectivity index (χ1n) is 14.5. The lowest BCUT2D eigenvalue weighted by Crippen LogP contribution is -2.39. The zero-order valence-corrected chi connectivity index (χ0v) is 26.4. The minimum absolute atomic E-state index is 0.115. The van der Waals surface area contributed by atoms with Gasteiger partial charge in [-0.1, -0.05) is 35.8 Å². The second-order valence-corrected chi connectivity index (χ2v) is 11.8. The second kappa shape index (κ2) is 16.1. The van der Waals surface area contributed by atoms with Gasteiger partial charge >= 0.3 is 0 Å². The maximum Gasteiger partial charge on any atom is 0.227 e. The zero-order chi connectivity index (χ0) is 29.1. The summed E-state index contributed by atoms with van der Waals surface area (Å²) in [6, 6.07) is 9.81. The molecule has 1 saturated heterocycles. The van der Waals surface area contributed by atoms with E-state index in [1.54, 1.807) is 14.0 Å². The number of morpholine rings is 1. The fourth-order valence-corrected chi connectivity index (χ4v) is 6.00. The first kappa shape index (κ1) is 32.1. The van der Waals surface area contributed by atoms with Crippen LogP contribution >= 0.6 is 15.9 Å². The quantitative estimate of drug-likeness (QED) is 0.305. The van der Waals surface area contributed by atoms with Gasteiger partial charge in [0.1, 0.15) is 5.75 Å². The van der Waals surface area contributed by atoms with Crippen molar-refractivity contribution < 1.29 is 19.1 Å². The summed E-state index contributed by atoms with van der Waals surface area (Å²) in [6.07, 6.45) is 5.19. The fraction of sp³-hybridized carbons (Fsp3) is 0.562. The molecule has 7 nitrogen and oxygen atoms in total. The number of ketones is 1. The van der Waals surface area contributed by atoms with Gasteiger partial charge in [0.15, 0.2) is 5.78 Å². The Kier molecular flexibility index (Phi) is 12.9. The second-order valence-electron chi connectivity index (χ2n) is 10.9. The van der Waals surface area contributed by atoms with E-state index in [9.17, 15) is 9.59 Å². The van der Waals surface area contributed by atoms with Gasteiger partial charge in [0, 0.05) is 59.6 Å². The van der Waals surface area contributed by atoms with E-state index >= 15 is 0 Å². The van der Waals surface area contributed by atoms with Crippen molar-refractivity contribution in [3.05, 3.63) is 51.5 Å². The summed E-state index contributed by atoms with van der Waals surface area (Å²) in [4.78, 5) is 26.4. The van der Waals surface area contributed by atoms with Crippen molar-refractivity contribution in [3.8, 4) is 5.75 Å². The van der Waals surface area contributed by atoms with Crippen molar-refractivity contribution >= 4 is 39.0 Å². The van der Waals surface area contributed by atoms with Crippen molar-refractivity contribution in [2.45, 2.75) is 59.8 Å². The molecule has 0 spiro atoms. The Bertz CT molecular complexity index is 1130. The van der Waals surface area contributed by atoms with Gasteiger partial charge in [-0.3, -0.25) is 14.5 Å². The van der Waals surface area contributed by atoms with Crippen molar-refractivity contribution in [1.82, 2.24) is 4.90 Å². The molecule has 2 aliphatic rings. The van der Waals surface area contributed by atoms with Crippen molar-refractivity contribution in [2.24, 2.45) is 11.8 Å². The van der Waals surface area contributed by atoms with Crippen LogP contribution in [-0.4, -0.2) is 63.1 Å². The van der Waals surface area contributed by atoms with Gasteiger partial charge in [0.2, 0.25) is 5.91 Å². The number of halogens is 1. The molecule has 0 aromatic heterocycles. The van der Waals surface area contributed by atoms with Crippen LogP contribution in [0.3, 0.4) is 0 Å². The van der Waals surface area contributed by atoms with Crippen LogP contribution in [0.25, 0.3) is 0 Å². The molecule has 2 N–H and O–H groups in total. The molecule has 40 heavy (non-hydrogen) atoms. The summed E-state index contributed by atoms with van der Waals surface area (Å²) in [6.45, 7) is 13.5. The highest BCUT2D eigenvalue weighted by Gasteiger charge is 2.24. The predicted molar refractivity (Wildman–Crippen MR) is 167 cm³/mol. The number of nitrogens with zero attached hydrogens (tertiary/aromatic N) is 1. The van der Waals surface area contributed by atoms with Crippen LogP contribution in [0, 0.1) is 18.8 Å². The van der Waals surface area contributed by atoms with Crippen LogP contribution < -0.4 is 15.4 Å². The molecule has 0 atom stereocenters. The average molecular weight is 617 g/mol. The minimum atomic E-state index is 0.115. The van der Waals surface area contributed by atoms with Crippen LogP contribution in [0.15, 0.2) is 34.8 Å². The molecule has 4 rings (SSSR count). The molecule has 220 valence electrons. The number of carbonyl (C=O) groups excluding carboxylic acids is 2. The van der Waals surface area contributed by atoms with E-state index in [1.165, 1.54) is 0 Å². The minimum Gasteiger partial charge on any atom is -0.496 e. The van der Waals surface area contributed by atoms with Crippen LogP contribution in [0.1, 0.15) is 67.9 Å². The van der Waals surface area contributed by atoms with E-state index in [4.69, 9.17) is 9.47 Å². The van der Waals surface area contributed by atoms with Crippen LogP contribution in [0.4, 0.5) is 11.4 Å². The Labute approximate surface area is 248 Å². The molecule has 0 radical (unpaired) electrons. The first-order chi connectivity index (χ1) is 19.2. The first-order valence-corrected chi connectivity index (χ1v) is 15.3. The van der Waals surface area contributed by atoms with E-state index in [2.05, 4.69) is 51.4 Å². The number of hydrogen-bond acceptors (Lipinski definition) is 6. The third kappa shape index (κ3) is 9.60. The number of methoxy groups -OCH3 is 1. The highest BCUT2D eigenvalue weighted by atomic mass is 79.9. The van der Waals surface area contributed by atoms with Crippen molar-refractivity contribution in [1.29, 1.82) is 0 Å². The highest BCUT2D eigenvalue weighted by Crippen LogP contribution is 2.30. The monoisotopic (exact) mass is 615 g/mol. The summed E-state index contributed by atoms with van der Waals surface area (Å²) < 4.78 is 11.6. The smallest absolute Gasteiger partial charge is 0.227 e. The maximum absolute atomic E-state index is 12.2. The summed E-state index contributed by atoms with van der Waals surface area (Å²) >= 11 is 3.58. The molecule has 8 heteroatoms. The number of anilines is 2. The molecule has 0 bridgehead atoms. The van der Waals surface area contributed by atoms with Crippen LogP contribution in [0.5, 0.6) is 5.75 Å². The van der Waals surface area contributed by atoms with Gasteiger partial charge in [-0.2, -0.15) is 0 Å². The van der Waals surface area contributed by atoms with E-state index in [0.29, 0.717) is 0 Å². The van der Waals surface area contributed by atoms with Gasteiger partial charge in [0.25, 0.3) is 0 Å². The third-order valence-electron chi connectivity index (χ3n) is 7.85. The lowest BCUT2D eigenvalue weighted by Gasteiger charge is -2.26. The summed E-state index contributed by atoms with van der Waals surface area (Å²) in [5.74, 6) is 2.02. The van der Waals surface area contributed by atoms with Gasteiger partial charge in [0.05, 0.1) is 20.3 Å². The normalized spacial score (nSPS) is 19.2. The Morgan fingerprint density at radius 3 is 2.40 bits per heavy atom. The Hall–Kier alpha value is -2.42. The van der Waals surface area contributed by atoms with Gasteiger partial charge in [-0.25, -0.2) is 0 Å². The molecule has 1 aliphatic carbocycles. The Balaban J connectivity index is 0.000000222. The number of ether oxygens (including phenoxy) is 2. The van der Waals surface area contributed by atoms with E-state index < -0.39 is 0 Å². The summed E-state index contributed by atoms with van der Waals surface area (Å²) in [5, 5.41) is 6.42. The average Bonchev–Trinajstić information content (AvgIpc) is 2.95. The third-order valence-corrected chi connectivity index (χ3v) is 8.56. The number of Topliss-reactive ketones (excluding diaryl/α,β-unsaturated/α-hetero) is 1. The van der Waals surface area contributed by atoms with Gasteiger partial charge in [-0.05, 0) is 81.2 Å². The number of hydrogen-bond donors (Lipinski definition) is 2. The molecule has 2 aromatic rings. The van der Waals surface area contributed by atoms with E-state index in [0.717, 1.165) is 116 Å². The highest BCUT2D eigenvalue weighted by molar-refractivity contribution is 9.10. The number of amides is 1. The number of nitrogens with one attached hydrogen (secondary N) is 2. The van der Waals surface area contributed by atoms with Crippen molar-refractivity contribution in [3.63, 3.8) is 0 Å². The Morgan fingerprint density at radius 2 is 1.77 bits per heavy atom. The van der Waals surface area contributed by atoms with Crippen LogP contribution in [0.2, 0.25) is 0 Å². The lowest BCUT2D eigenvalue weighted by atomic mass is 9.82. The largest absolute Gasteiger partial charge is 0.496 e. The fourth-order valence-electron chi connectivity index (χ4n) is 5.26. The molecular weight excluding hydrogens is 570 g/mol.